The van der Waals surface area contributed by atoms with E-state index in [2.05, 4.69) is 36.2 Å². The van der Waals surface area contributed by atoms with E-state index in [0.717, 1.165) is 13.1 Å². The number of rotatable bonds is 8. The predicted molar refractivity (Wildman–Crippen MR) is 90.5 cm³/mol. The Bertz CT molecular complexity index is 398. The van der Waals surface area contributed by atoms with E-state index in [1.807, 2.05) is 25.1 Å². The van der Waals surface area contributed by atoms with Crippen LogP contribution in [-0.4, -0.2) is 36.5 Å². The summed E-state index contributed by atoms with van der Waals surface area (Å²) >= 11 is 0. The molecular formula is C16H28ClN3O. The summed E-state index contributed by atoms with van der Waals surface area (Å²) in [4.78, 5) is 14.1. The van der Waals surface area contributed by atoms with Gasteiger partial charge in [0.2, 0.25) is 5.91 Å². The Balaban J connectivity index is 0.00000400. The minimum absolute atomic E-state index is 0. The van der Waals surface area contributed by atoms with Gasteiger partial charge in [-0.2, -0.15) is 0 Å². The molecule has 4 nitrogen and oxygen atoms in total. The molecule has 1 rings (SSSR count). The van der Waals surface area contributed by atoms with Gasteiger partial charge in [0.1, 0.15) is 0 Å². The summed E-state index contributed by atoms with van der Waals surface area (Å²) in [5.41, 5.74) is 6.83. The molecule has 0 saturated heterocycles. The van der Waals surface area contributed by atoms with Crippen molar-refractivity contribution in [3.8, 4) is 0 Å². The Hall–Kier alpha value is -1.10. The van der Waals surface area contributed by atoms with E-state index in [4.69, 9.17) is 5.73 Å². The first-order chi connectivity index (χ1) is 9.52. The van der Waals surface area contributed by atoms with Crippen LogP contribution in [0.15, 0.2) is 30.3 Å². The number of carbonyl (C=O) groups is 1. The molecule has 1 amide bonds. The molecule has 1 atom stereocenters. The van der Waals surface area contributed by atoms with Crippen molar-refractivity contribution in [2.45, 2.75) is 33.4 Å². The molecule has 0 aliphatic carbocycles. The lowest BCUT2D eigenvalue weighted by Gasteiger charge is -2.23. The minimum atomic E-state index is 0. The van der Waals surface area contributed by atoms with Crippen molar-refractivity contribution in [3.63, 3.8) is 0 Å². The summed E-state index contributed by atoms with van der Waals surface area (Å²) in [6.45, 7) is 8.66. The molecular weight excluding hydrogens is 286 g/mol. The molecule has 1 unspecified atom stereocenters. The minimum Gasteiger partial charge on any atom is -0.352 e. The first-order valence-electron chi connectivity index (χ1n) is 7.28. The second-order valence-corrected chi connectivity index (χ2v) is 5.59. The summed E-state index contributed by atoms with van der Waals surface area (Å²) in [7, 11) is 0. The number of carbonyl (C=O) groups excluding carboxylic acids is 1. The predicted octanol–water partition coefficient (Wildman–Crippen LogP) is 2.03. The third-order valence-corrected chi connectivity index (χ3v) is 3.45. The van der Waals surface area contributed by atoms with Crippen molar-refractivity contribution in [2.24, 2.45) is 11.7 Å². The molecule has 3 N–H and O–H groups in total. The van der Waals surface area contributed by atoms with Crippen LogP contribution in [0.1, 0.15) is 26.3 Å². The number of hydrogen-bond acceptors (Lipinski definition) is 3. The van der Waals surface area contributed by atoms with Gasteiger partial charge in [0, 0.05) is 25.7 Å². The van der Waals surface area contributed by atoms with E-state index < -0.39 is 0 Å². The number of nitrogens with zero attached hydrogens (tertiary/aromatic N) is 1. The van der Waals surface area contributed by atoms with Crippen LogP contribution in [0.4, 0.5) is 0 Å². The molecule has 0 bridgehead atoms. The van der Waals surface area contributed by atoms with Crippen LogP contribution in [0, 0.1) is 5.92 Å². The van der Waals surface area contributed by atoms with Crippen molar-refractivity contribution in [1.29, 1.82) is 0 Å². The second kappa shape index (κ2) is 10.6. The summed E-state index contributed by atoms with van der Waals surface area (Å²) in [6, 6.07) is 10.3. The van der Waals surface area contributed by atoms with Gasteiger partial charge in [0.15, 0.2) is 0 Å². The van der Waals surface area contributed by atoms with Crippen molar-refractivity contribution < 1.29 is 4.79 Å². The van der Waals surface area contributed by atoms with Gasteiger partial charge >= 0.3 is 0 Å². The fraction of sp³-hybridized carbons (Fsp3) is 0.562. The van der Waals surface area contributed by atoms with Gasteiger partial charge in [-0.25, -0.2) is 0 Å². The standard InChI is InChI=1S/C16H27N3O.ClH/c1-13(2)14(3)18-16(20)12-19(10-9-17)11-15-7-5-4-6-8-15;/h4-8,13-14H,9-12,17H2,1-3H3,(H,18,20);1H. The lowest BCUT2D eigenvalue weighted by molar-refractivity contribution is -0.123. The Labute approximate surface area is 134 Å². The highest BCUT2D eigenvalue weighted by molar-refractivity contribution is 5.85. The SMILES string of the molecule is CC(C)C(C)NC(=O)CN(CCN)Cc1ccccc1.Cl. The van der Waals surface area contributed by atoms with Gasteiger partial charge in [-0.05, 0) is 18.4 Å². The van der Waals surface area contributed by atoms with E-state index in [0.29, 0.717) is 19.0 Å². The molecule has 0 aliphatic rings. The zero-order valence-electron chi connectivity index (χ0n) is 13.2. The lowest BCUT2D eigenvalue weighted by atomic mass is 10.1. The Kier molecular flexibility index (Phi) is 10.0. The molecule has 1 aromatic carbocycles. The maximum Gasteiger partial charge on any atom is 0.234 e. The van der Waals surface area contributed by atoms with E-state index in [9.17, 15) is 4.79 Å². The molecule has 5 heteroatoms. The normalized spacial score (nSPS) is 12.1. The summed E-state index contributed by atoms with van der Waals surface area (Å²) in [5, 5.41) is 3.03. The molecule has 0 fully saturated rings. The van der Waals surface area contributed by atoms with E-state index >= 15 is 0 Å². The highest BCUT2D eigenvalue weighted by Gasteiger charge is 2.14. The average molecular weight is 314 g/mol. The molecule has 0 spiro atoms. The van der Waals surface area contributed by atoms with Crippen molar-refractivity contribution >= 4 is 18.3 Å². The first-order valence-corrected chi connectivity index (χ1v) is 7.28. The number of hydrogen-bond donors (Lipinski definition) is 2. The summed E-state index contributed by atoms with van der Waals surface area (Å²) < 4.78 is 0. The van der Waals surface area contributed by atoms with Crippen LogP contribution >= 0.6 is 12.4 Å². The molecule has 0 radical (unpaired) electrons. The van der Waals surface area contributed by atoms with Gasteiger partial charge in [-0.3, -0.25) is 9.69 Å². The highest BCUT2D eigenvalue weighted by atomic mass is 35.5. The lowest BCUT2D eigenvalue weighted by Crippen LogP contribution is -2.43. The average Bonchev–Trinajstić information content (AvgIpc) is 2.39. The summed E-state index contributed by atoms with van der Waals surface area (Å²) in [5.74, 6) is 0.506. The molecule has 21 heavy (non-hydrogen) atoms. The van der Waals surface area contributed by atoms with Crippen molar-refractivity contribution in [1.82, 2.24) is 10.2 Å². The molecule has 0 aliphatic heterocycles. The number of halogens is 1. The first kappa shape index (κ1) is 19.9. The van der Waals surface area contributed by atoms with Gasteiger partial charge in [-0.1, -0.05) is 44.2 Å². The molecule has 120 valence electrons. The van der Waals surface area contributed by atoms with Gasteiger partial charge in [-0.15, -0.1) is 12.4 Å². The maximum atomic E-state index is 12.0. The quantitative estimate of drug-likeness (QED) is 0.772. The smallest absolute Gasteiger partial charge is 0.234 e. The third-order valence-electron chi connectivity index (χ3n) is 3.45. The van der Waals surface area contributed by atoms with Crippen LogP contribution in [0.25, 0.3) is 0 Å². The molecule has 0 aromatic heterocycles. The number of nitrogens with one attached hydrogen (secondary N) is 1. The highest BCUT2D eigenvalue weighted by Crippen LogP contribution is 2.04. The van der Waals surface area contributed by atoms with Crippen LogP contribution < -0.4 is 11.1 Å². The van der Waals surface area contributed by atoms with E-state index in [1.165, 1.54) is 5.56 Å². The van der Waals surface area contributed by atoms with Crippen LogP contribution in [0.2, 0.25) is 0 Å². The molecule has 0 saturated carbocycles. The largest absolute Gasteiger partial charge is 0.352 e. The topological polar surface area (TPSA) is 58.4 Å². The van der Waals surface area contributed by atoms with Crippen LogP contribution in [-0.2, 0) is 11.3 Å². The fourth-order valence-electron chi connectivity index (χ4n) is 1.91. The number of benzene rings is 1. The summed E-state index contributed by atoms with van der Waals surface area (Å²) in [6.07, 6.45) is 0. The van der Waals surface area contributed by atoms with Gasteiger partial charge < -0.3 is 11.1 Å². The Morgan fingerprint density at radius 3 is 2.38 bits per heavy atom. The Morgan fingerprint density at radius 1 is 1.24 bits per heavy atom. The van der Waals surface area contributed by atoms with Crippen molar-refractivity contribution in [2.75, 3.05) is 19.6 Å². The maximum absolute atomic E-state index is 12.0. The van der Waals surface area contributed by atoms with E-state index in [1.54, 1.807) is 0 Å². The molecule has 1 aromatic rings. The monoisotopic (exact) mass is 313 g/mol. The van der Waals surface area contributed by atoms with Crippen LogP contribution in [0.5, 0.6) is 0 Å². The number of nitrogens with two attached hydrogens (primary N) is 1. The Morgan fingerprint density at radius 2 is 1.86 bits per heavy atom. The number of amides is 1. The zero-order chi connectivity index (χ0) is 15.0. The van der Waals surface area contributed by atoms with Gasteiger partial charge in [0.25, 0.3) is 0 Å². The van der Waals surface area contributed by atoms with Crippen LogP contribution in [0.3, 0.4) is 0 Å². The zero-order valence-corrected chi connectivity index (χ0v) is 14.0. The fourth-order valence-corrected chi connectivity index (χ4v) is 1.91. The van der Waals surface area contributed by atoms with Gasteiger partial charge in [0.05, 0.1) is 6.54 Å². The van der Waals surface area contributed by atoms with E-state index in [-0.39, 0.29) is 24.4 Å². The third kappa shape index (κ3) is 8.05. The van der Waals surface area contributed by atoms with Crippen molar-refractivity contribution in [3.05, 3.63) is 35.9 Å². The molecule has 0 heterocycles. The second-order valence-electron chi connectivity index (χ2n) is 5.59.